The van der Waals surface area contributed by atoms with Crippen LogP contribution in [-0.4, -0.2) is 65.8 Å². The van der Waals surface area contributed by atoms with E-state index in [0.717, 1.165) is 5.56 Å². The number of aromatic nitrogens is 1. The zero-order chi connectivity index (χ0) is 20.8. The molecule has 2 aromatic rings. The lowest BCUT2D eigenvalue weighted by molar-refractivity contribution is -0.130. The molecule has 0 spiro atoms. The number of nitrogens with zero attached hydrogens (tertiary/aromatic N) is 3. The highest BCUT2D eigenvalue weighted by Gasteiger charge is 2.24. The van der Waals surface area contributed by atoms with Gasteiger partial charge in [-0.1, -0.05) is 18.2 Å². The van der Waals surface area contributed by atoms with Gasteiger partial charge in [0.05, 0.1) is 18.2 Å². The van der Waals surface area contributed by atoms with E-state index in [0.29, 0.717) is 49.6 Å². The summed E-state index contributed by atoms with van der Waals surface area (Å²) < 4.78 is 5.29. The lowest BCUT2D eigenvalue weighted by atomic mass is 10.1. The molecule has 152 valence electrons. The molecule has 8 heteroatoms. The van der Waals surface area contributed by atoms with Gasteiger partial charge in [-0.15, -0.1) is 0 Å². The van der Waals surface area contributed by atoms with Gasteiger partial charge in [-0.3, -0.25) is 19.4 Å². The fourth-order valence-corrected chi connectivity index (χ4v) is 3.21. The van der Waals surface area contributed by atoms with Crippen LogP contribution in [0.4, 0.5) is 0 Å². The molecule has 3 amide bonds. The van der Waals surface area contributed by atoms with E-state index in [1.165, 1.54) is 19.3 Å². The summed E-state index contributed by atoms with van der Waals surface area (Å²) in [6, 6.07) is 8.98. The van der Waals surface area contributed by atoms with Gasteiger partial charge >= 0.3 is 0 Å². The smallest absolute Gasteiger partial charge is 0.255 e. The second-order valence-electron chi connectivity index (χ2n) is 6.76. The SMILES string of the molecule is COc1ccccc1CNC(=O)c1cncc(C(=O)N2CCN(C(C)=O)CC2)c1. The average Bonchev–Trinajstić information content (AvgIpc) is 2.77. The van der Waals surface area contributed by atoms with Crippen LogP contribution in [0.2, 0.25) is 0 Å². The van der Waals surface area contributed by atoms with Crippen LogP contribution in [0.1, 0.15) is 33.2 Å². The third-order valence-corrected chi connectivity index (χ3v) is 4.89. The maximum Gasteiger partial charge on any atom is 0.255 e. The largest absolute Gasteiger partial charge is 0.496 e. The minimum Gasteiger partial charge on any atom is -0.496 e. The van der Waals surface area contributed by atoms with Crippen molar-refractivity contribution in [1.82, 2.24) is 20.1 Å². The van der Waals surface area contributed by atoms with E-state index < -0.39 is 0 Å². The van der Waals surface area contributed by atoms with E-state index in [1.807, 2.05) is 24.3 Å². The quantitative estimate of drug-likeness (QED) is 0.823. The molecule has 0 saturated carbocycles. The first kappa shape index (κ1) is 20.3. The van der Waals surface area contributed by atoms with Crippen molar-refractivity contribution in [2.24, 2.45) is 0 Å². The lowest BCUT2D eigenvalue weighted by Crippen LogP contribution is -2.50. The highest BCUT2D eigenvalue weighted by Crippen LogP contribution is 2.17. The number of pyridine rings is 1. The summed E-state index contributed by atoms with van der Waals surface area (Å²) in [7, 11) is 1.58. The Morgan fingerprint density at radius 2 is 1.69 bits per heavy atom. The topological polar surface area (TPSA) is 91.8 Å². The van der Waals surface area contributed by atoms with Crippen LogP contribution < -0.4 is 10.1 Å². The molecule has 1 fully saturated rings. The third-order valence-electron chi connectivity index (χ3n) is 4.89. The van der Waals surface area contributed by atoms with Crippen molar-refractivity contribution >= 4 is 17.7 Å². The number of para-hydroxylation sites is 1. The Hall–Kier alpha value is -3.42. The van der Waals surface area contributed by atoms with Crippen LogP contribution in [0.3, 0.4) is 0 Å². The molecule has 1 saturated heterocycles. The van der Waals surface area contributed by atoms with Crippen LogP contribution in [0.25, 0.3) is 0 Å². The number of amides is 3. The van der Waals surface area contributed by atoms with Gasteiger partial charge < -0.3 is 19.9 Å². The van der Waals surface area contributed by atoms with Gasteiger partial charge in [-0.05, 0) is 12.1 Å². The van der Waals surface area contributed by atoms with Crippen molar-refractivity contribution in [3.63, 3.8) is 0 Å². The fraction of sp³-hybridized carbons (Fsp3) is 0.333. The molecule has 1 aromatic carbocycles. The molecule has 8 nitrogen and oxygen atoms in total. The molecule has 29 heavy (non-hydrogen) atoms. The number of carbonyl (C=O) groups is 3. The number of benzene rings is 1. The van der Waals surface area contributed by atoms with Gasteiger partial charge in [-0.25, -0.2) is 0 Å². The zero-order valence-electron chi connectivity index (χ0n) is 16.6. The highest BCUT2D eigenvalue weighted by atomic mass is 16.5. The van der Waals surface area contributed by atoms with E-state index in [1.54, 1.807) is 23.0 Å². The number of ether oxygens (including phenoxy) is 1. The molecule has 1 aliphatic heterocycles. The van der Waals surface area contributed by atoms with Gasteiger partial charge in [0.1, 0.15) is 5.75 Å². The zero-order valence-corrected chi connectivity index (χ0v) is 16.6. The van der Waals surface area contributed by atoms with Crippen LogP contribution in [-0.2, 0) is 11.3 Å². The van der Waals surface area contributed by atoms with Crippen molar-refractivity contribution < 1.29 is 19.1 Å². The molecule has 0 bridgehead atoms. The van der Waals surface area contributed by atoms with Crippen molar-refractivity contribution in [2.45, 2.75) is 13.5 Å². The van der Waals surface area contributed by atoms with Crippen molar-refractivity contribution in [2.75, 3.05) is 33.3 Å². The molecule has 1 aliphatic rings. The van der Waals surface area contributed by atoms with Gasteiger partial charge in [0, 0.05) is 57.6 Å². The Labute approximate surface area is 169 Å². The molecule has 1 N–H and O–H groups in total. The minimum absolute atomic E-state index is 0.00693. The predicted molar refractivity (Wildman–Crippen MR) is 107 cm³/mol. The first-order valence-electron chi connectivity index (χ1n) is 9.39. The number of hydrogen-bond acceptors (Lipinski definition) is 5. The van der Waals surface area contributed by atoms with Gasteiger partial charge in [0.25, 0.3) is 11.8 Å². The van der Waals surface area contributed by atoms with Crippen molar-refractivity contribution in [3.05, 3.63) is 59.4 Å². The highest BCUT2D eigenvalue weighted by molar-refractivity contribution is 5.99. The molecule has 0 radical (unpaired) electrons. The summed E-state index contributed by atoms with van der Waals surface area (Å²) in [6.45, 7) is 3.76. The summed E-state index contributed by atoms with van der Waals surface area (Å²) in [4.78, 5) is 44.1. The molecule has 2 heterocycles. The number of nitrogens with one attached hydrogen (secondary N) is 1. The van der Waals surface area contributed by atoms with Crippen LogP contribution in [0.15, 0.2) is 42.7 Å². The minimum atomic E-state index is -0.320. The Morgan fingerprint density at radius 1 is 1.03 bits per heavy atom. The first-order chi connectivity index (χ1) is 14.0. The summed E-state index contributed by atoms with van der Waals surface area (Å²) >= 11 is 0. The van der Waals surface area contributed by atoms with E-state index in [9.17, 15) is 14.4 Å². The van der Waals surface area contributed by atoms with Crippen LogP contribution in [0, 0.1) is 0 Å². The maximum atomic E-state index is 12.7. The summed E-state index contributed by atoms with van der Waals surface area (Å²) in [5.74, 6) is 0.187. The Balaban J connectivity index is 1.63. The predicted octanol–water partition coefficient (Wildman–Crippen LogP) is 1.32. The molecule has 0 aliphatic carbocycles. The average molecular weight is 396 g/mol. The number of piperazine rings is 1. The van der Waals surface area contributed by atoms with Crippen molar-refractivity contribution in [1.29, 1.82) is 0 Å². The maximum absolute atomic E-state index is 12.7. The first-order valence-corrected chi connectivity index (χ1v) is 9.39. The van der Waals surface area contributed by atoms with Crippen molar-refractivity contribution in [3.8, 4) is 5.75 Å². The molecule has 0 atom stereocenters. The van der Waals surface area contributed by atoms with E-state index in [4.69, 9.17) is 4.74 Å². The van der Waals surface area contributed by atoms with E-state index in [-0.39, 0.29) is 17.7 Å². The normalized spacial score (nSPS) is 13.7. The van der Waals surface area contributed by atoms with E-state index in [2.05, 4.69) is 10.3 Å². The lowest BCUT2D eigenvalue weighted by Gasteiger charge is -2.34. The number of rotatable bonds is 5. The van der Waals surface area contributed by atoms with Gasteiger partial charge in [0.15, 0.2) is 0 Å². The Morgan fingerprint density at radius 3 is 2.38 bits per heavy atom. The monoisotopic (exact) mass is 396 g/mol. The summed E-state index contributed by atoms with van der Waals surface area (Å²) in [5, 5.41) is 2.83. The summed E-state index contributed by atoms with van der Waals surface area (Å²) in [5.41, 5.74) is 1.52. The molecule has 0 unspecified atom stereocenters. The molecule has 1 aromatic heterocycles. The number of methoxy groups -OCH3 is 1. The van der Waals surface area contributed by atoms with Gasteiger partial charge in [-0.2, -0.15) is 0 Å². The van der Waals surface area contributed by atoms with Crippen LogP contribution >= 0.6 is 0 Å². The van der Waals surface area contributed by atoms with Crippen LogP contribution in [0.5, 0.6) is 5.75 Å². The Kier molecular flexibility index (Phi) is 6.43. The standard InChI is InChI=1S/C21H24N4O4/c1-15(26)24-7-9-25(10-8-24)21(28)18-11-17(12-22-13-18)20(27)23-14-16-5-3-4-6-19(16)29-2/h3-6,11-13H,7-10,14H2,1-2H3,(H,23,27). The van der Waals surface area contributed by atoms with Gasteiger partial charge in [0.2, 0.25) is 5.91 Å². The fourth-order valence-electron chi connectivity index (χ4n) is 3.21. The number of hydrogen-bond donors (Lipinski definition) is 1. The molecule has 3 rings (SSSR count). The summed E-state index contributed by atoms with van der Waals surface area (Å²) in [6.07, 6.45) is 2.89. The van der Waals surface area contributed by atoms with E-state index >= 15 is 0 Å². The second-order valence-corrected chi connectivity index (χ2v) is 6.76. The third kappa shape index (κ3) is 4.90. The second kappa shape index (κ2) is 9.18. The molecular formula is C21H24N4O4. The Bertz CT molecular complexity index is 907. The molecular weight excluding hydrogens is 372 g/mol. The number of carbonyl (C=O) groups excluding carboxylic acids is 3.